The van der Waals surface area contributed by atoms with Crippen LogP contribution in [0.1, 0.15) is 86.1 Å². The molecule has 0 amide bonds. The maximum Gasteiger partial charge on any atom is 0.261 e. The Balaban J connectivity index is 1.04. The van der Waals surface area contributed by atoms with Gasteiger partial charge in [-0.3, -0.25) is 0 Å². The summed E-state index contributed by atoms with van der Waals surface area (Å²) in [5, 5.41) is 12.5. The van der Waals surface area contributed by atoms with Crippen LogP contribution in [0.2, 0.25) is 5.04 Å². The molecule has 0 aliphatic carbocycles. The number of benzene rings is 3. The predicted octanol–water partition coefficient (Wildman–Crippen LogP) is 7.15. The molecule has 0 radical (unpaired) electrons. The number of aliphatic hydroxyl groups is 1. The zero-order chi connectivity index (χ0) is 39.7. The summed E-state index contributed by atoms with van der Waals surface area (Å²) in [5.74, 6) is -0.389. The van der Waals surface area contributed by atoms with Gasteiger partial charge in [0.15, 0.2) is 11.6 Å². The molecule has 9 nitrogen and oxygen atoms in total. The third kappa shape index (κ3) is 8.70. The van der Waals surface area contributed by atoms with E-state index in [1.165, 1.54) is 10.4 Å². The predicted molar refractivity (Wildman–Crippen MR) is 219 cm³/mol. The van der Waals surface area contributed by atoms with Crippen LogP contribution < -0.4 is 15.1 Å². The van der Waals surface area contributed by atoms with Crippen molar-refractivity contribution in [1.82, 2.24) is 0 Å². The molecular formula is C46H64O9Si. The van der Waals surface area contributed by atoms with Crippen molar-refractivity contribution in [2.75, 3.05) is 20.3 Å². The molecular weight excluding hydrogens is 725 g/mol. The van der Waals surface area contributed by atoms with Gasteiger partial charge in [-0.1, -0.05) is 107 Å². The Morgan fingerprint density at radius 3 is 2.02 bits per heavy atom. The van der Waals surface area contributed by atoms with Crippen molar-refractivity contribution < 1.29 is 42.7 Å². The maximum atomic E-state index is 10.1. The first-order valence-corrected chi connectivity index (χ1v) is 22.6. The SMILES string of the molecule is COc1ccc(CO[C@@H]2[C@H](CCO)O[C@@]3(C[C@@H]2C)C[C@H](C)[C@@H]2O[C@H]([C@@H]4C[C@H](CO[Si](c5ccccc5)(c5ccccc5)C(C)(C)C)OC(C)(C)O4)C[C@@H]2O3)cc1. The van der Waals surface area contributed by atoms with E-state index in [0.717, 1.165) is 11.3 Å². The van der Waals surface area contributed by atoms with Gasteiger partial charge < -0.3 is 42.7 Å². The highest BCUT2D eigenvalue weighted by atomic mass is 28.4. The average Bonchev–Trinajstić information content (AvgIpc) is 3.59. The fourth-order valence-corrected chi connectivity index (χ4v) is 14.7. The zero-order valence-corrected chi connectivity index (χ0v) is 35.6. The summed E-state index contributed by atoms with van der Waals surface area (Å²) in [7, 11) is -1.09. The van der Waals surface area contributed by atoms with Crippen LogP contribution in [0.25, 0.3) is 0 Å². The number of aliphatic hydroxyl groups excluding tert-OH is 1. The molecule has 0 saturated carbocycles. The molecule has 4 saturated heterocycles. The molecule has 0 unspecified atom stereocenters. The van der Waals surface area contributed by atoms with E-state index in [0.29, 0.717) is 45.3 Å². The van der Waals surface area contributed by atoms with Gasteiger partial charge in [0.05, 0.1) is 63.1 Å². The van der Waals surface area contributed by atoms with Crippen LogP contribution in [-0.2, 0) is 39.5 Å². The molecule has 10 heteroatoms. The first kappa shape index (κ1) is 41.5. The summed E-state index contributed by atoms with van der Waals surface area (Å²) < 4.78 is 53.2. The molecule has 10 atom stereocenters. The minimum absolute atomic E-state index is 0.0144. The van der Waals surface area contributed by atoms with E-state index in [4.69, 9.17) is 37.6 Å². The second kappa shape index (κ2) is 16.9. The number of hydrogen-bond acceptors (Lipinski definition) is 9. The average molecular weight is 789 g/mol. The summed E-state index contributed by atoms with van der Waals surface area (Å²) in [6, 6.07) is 29.4. The van der Waals surface area contributed by atoms with Gasteiger partial charge in [0.1, 0.15) is 5.75 Å². The first-order chi connectivity index (χ1) is 26.7. The van der Waals surface area contributed by atoms with E-state index in [1.807, 2.05) is 38.1 Å². The standard InChI is InChI=1S/C46H64O9Si/c1-31-27-46(54-38(23-24-47)42(31)49-29-33-19-21-34(48-8)22-20-33)28-32(2)43-41(55-46)26-39(51-43)40-25-35(52-45(6,7)53-40)30-50-56(44(3,4)5,36-15-11-9-12-16-36)37-17-13-10-14-18-37/h9-22,31-32,35,38-43,47H,23-30H2,1-8H3/t31-,32-,35+,38-,39-,40-,41-,42-,43-,46+/m0/s1. The summed E-state index contributed by atoms with van der Waals surface area (Å²) in [6.07, 6.45) is 2.09. The fraction of sp³-hybridized carbons (Fsp3) is 0.609. The van der Waals surface area contributed by atoms with E-state index < -0.39 is 19.9 Å². The lowest BCUT2D eigenvalue weighted by atomic mass is 9.79. The summed E-state index contributed by atoms with van der Waals surface area (Å²) in [5.41, 5.74) is 1.07. The largest absolute Gasteiger partial charge is 0.497 e. The zero-order valence-electron chi connectivity index (χ0n) is 34.6. The highest BCUT2D eigenvalue weighted by molar-refractivity contribution is 6.99. The van der Waals surface area contributed by atoms with Gasteiger partial charge in [-0.25, -0.2) is 0 Å². The number of ether oxygens (including phenoxy) is 7. The van der Waals surface area contributed by atoms with E-state index >= 15 is 0 Å². The first-order valence-electron chi connectivity index (χ1n) is 20.7. The maximum absolute atomic E-state index is 10.1. The van der Waals surface area contributed by atoms with E-state index in [1.54, 1.807) is 7.11 Å². The second-order valence-electron chi connectivity index (χ2n) is 18.1. The molecule has 306 valence electrons. The quantitative estimate of drug-likeness (QED) is 0.192. The molecule has 1 spiro atoms. The highest BCUT2D eigenvalue weighted by Crippen LogP contribution is 2.49. The Labute approximate surface area is 335 Å². The van der Waals surface area contributed by atoms with Crippen LogP contribution in [0, 0.1) is 11.8 Å². The van der Waals surface area contributed by atoms with Crippen LogP contribution in [0.4, 0.5) is 0 Å². The van der Waals surface area contributed by atoms with Gasteiger partial charge in [0.25, 0.3) is 8.32 Å². The van der Waals surface area contributed by atoms with Crippen molar-refractivity contribution >= 4 is 18.7 Å². The minimum atomic E-state index is -2.75. The molecule has 3 aromatic rings. The smallest absolute Gasteiger partial charge is 0.261 e. The lowest BCUT2D eigenvalue weighted by molar-refractivity contribution is -0.357. The minimum Gasteiger partial charge on any atom is -0.497 e. The van der Waals surface area contributed by atoms with Crippen molar-refractivity contribution in [3.05, 3.63) is 90.5 Å². The third-order valence-corrected chi connectivity index (χ3v) is 17.4. The van der Waals surface area contributed by atoms with Gasteiger partial charge in [-0.15, -0.1) is 0 Å². The van der Waals surface area contributed by atoms with E-state index in [-0.39, 0.29) is 66.2 Å². The summed E-state index contributed by atoms with van der Waals surface area (Å²) in [6.45, 7) is 16.3. The topological polar surface area (TPSA) is 94.1 Å². The van der Waals surface area contributed by atoms with Crippen molar-refractivity contribution in [1.29, 1.82) is 0 Å². The molecule has 0 bridgehead atoms. The third-order valence-electron chi connectivity index (χ3n) is 12.4. The Hall–Kier alpha value is -2.64. The molecule has 0 aromatic heterocycles. The lowest BCUT2D eigenvalue weighted by Gasteiger charge is -2.52. The van der Waals surface area contributed by atoms with E-state index in [2.05, 4.69) is 95.3 Å². The van der Waals surface area contributed by atoms with Gasteiger partial charge >= 0.3 is 0 Å². The van der Waals surface area contributed by atoms with Crippen molar-refractivity contribution in [2.24, 2.45) is 11.8 Å². The Kier molecular flexibility index (Phi) is 12.5. The Morgan fingerprint density at radius 1 is 0.768 bits per heavy atom. The van der Waals surface area contributed by atoms with Crippen LogP contribution in [0.5, 0.6) is 5.75 Å². The number of methoxy groups -OCH3 is 1. The van der Waals surface area contributed by atoms with Crippen LogP contribution in [-0.4, -0.2) is 88.0 Å². The van der Waals surface area contributed by atoms with Gasteiger partial charge in [-0.2, -0.15) is 0 Å². The normalized spacial score (nSPS) is 33.3. The molecule has 1 N–H and O–H groups in total. The molecule has 3 aromatic carbocycles. The van der Waals surface area contributed by atoms with Gasteiger partial charge in [-0.05, 0) is 65.2 Å². The van der Waals surface area contributed by atoms with Crippen LogP contribution in [0.3, 0.4) is 0 Å². The number of fused-ring (bicyclic) bond motifs is 1. The summed E-state index contributed by atoms with van der Waals surface area (Å²) in [4.78, 5) is 0. The van der Waals surface area contributed by atoms with Crippen molar-refractivity contribution in [2.45, 2.75) is 147 Å². The van der Waals surface area contributed by atoms with Crippen LogP contribution >= 0.6 is 0 Å². The molecule has 56 heavy (non-hydrogen) atoms. The molecule has 7 rings (SSSR count). The van der Waals surface area contributed by atoms with Crippen LogP contribution in [0.15, 0.2) is 84.9 Å². The highest BCUT2D eigenvalue weighted by Gasteiger charge is 2.58. The van der Waals surface area contributed by atoms with Gasteiger partial charge in [0.2, 0.25) is 0 Å². The molecule has 4 heterocycles. The van der Waals surface area contributed by atoms with Gasteiger partial charge in [0, 0.05) is 32.3 Å². The molecule has 4 aliphatic heterocycles. The fourth-order valence-electron chi connectivity index (χ4n) is 10.1. The Morgan fingerprint density at radius 2 is 1.41 bits per heavy atom. The van der Waals surface area contributed by atoms with E-state index in [9.17, 15) is 5.11 Å². The number of hydrogen-bond donors (Lipinski definition) is 1. The Bertz CT molecular complexity index is 1660. The van der Waals surface area contributed by atoms with Crippen molar-refractivity contribution in [3.8, 4) is 5.75 Å². The summed E-state index contributed by atoms with van der Waals surface area (Å²) >= 11 is 0. The molecule has 4 fully saturated rings. The monoisotopic (exact) mass is 788 g/mol. The lowest BCUT2D eigenvalue weighted by Crippen LogP contribution is -2.67. The number of rotatable bonds is 12. The second-order valence-corrected chi connectivity index (χ2v) is 22.4. The van der Waals surface area contributed by atoms with Crippen molar-refractivity contribution in [3.63, 3.8) is 0 Å². The molecule has 4 aliphatic rings.